The number of fused-ring (bicyclic) bond motifs is 3. The molecule has 1 N–H and O–H groups in total. The van der Waals surface area contributed by atoms with E-state index < -0.39 is 0 Å². The lowest BCUT2D eigenvalue weighted by Gasteiger charge is -2.33. The van der Waals surface area contributed by atoms with E-state index in [4.69, 9.17) is 0 Å². The minimum absolute atomic E-state index is 0.150. The van der Waals surface area contributed by atoms with E-state index in [1.165, 1.54) is 26.8 Å². The number of rotatable bonds is 2. The largest absolute Gasteiger partial charge is 0.361 e. The summed E-state index contributed by atoms with van der Waals surface area (Å²) in [7, 11) is 2.15. The molecule has 0 bridgehead atoms. The quantitative estimate of drug-likeness (QED) is 0.497. The smallest absolute Gasteiger partial charge is 0.355 e. The van der Waals surface area contributed by atoms with Crippen LogP contribution >= 0.6 is 0 Å². The minimum atomic E-state index is -0.150. The summed E-state index contributed by atoms with van der Waals surface area (Å²) in [6, 6.07) is 20.6. The van der Waals surface area contributed by atoms with Crippen LogP contribution in [0.1, 0.15) is 22.6 Å². The van der Waals surface area contributed by atoms with Crippen molar-refractivity contribution in [2.24, 2.45) is 0 Å². The first-order chi connectivity index (χ1) is 14.7. The third-order valence-electron chi connectivity index (χ3n) is 6.09. The fourth-order valence-corrected chi connectivity index (χ4v) is 4.63. The standard InChI is InChI=1S/C24H21N5O/c1-27-14-18-12-19(29-24(30)28-11-3-2-4-23(28)26-29)7-8-20(18)21(15-27)17-6-5-16-9-10-25-22(16)13-17/h2-13,21,25H,14-15H2,1H3. The lowest BCUT2D eigenvalue weighted by molar-refractivity contribution is 0.295. The maximum Gasteiger partial charge on any atom is 0.355 e. The van der Waals surface area contributed by atoms with Crippen LogP contribution in [0.5, 0.6) is 0 Å². The summed E-state index contributed by atoms with van der Waals surface area (Å²) < 4.78 is 3.06. The highest BCUT2D eigenvalue weighted by molar-refractivity contribution is 5.80. The Morgan fingerprint density at radius 2 is 2.00 bits per heavy atom. The Morgan fingerprint density at radius 1 is 1.07 bits per heavy atom. The molecule has 1 atom stereocenters. The van der Waals surface area contributed by atoms with Crippen LogP contribution in [-0.2, 0) is 6.54 Å². The summed E-state index contributed by atoms with van der Waals surface area (Å²) in [5, 5.41) is 5.73. The second-order valence-electron chi connectivity index (χ2n) is 8.08. The van der Waals surface area contributed by atoms with E-state index in [1.54, 1.807) is 10.6 Å². The van der Waals surface area contributed by atoms with Gasteiger partial charge in [0.1, 0.15) is 0 Å². The molecule has 30 heavy (non-hydrogen) atoms. The van der Waals surface area contributed by atoms with E-state index in [0.717, 1.165) is 24.3 Å². The molecule has 3 aromatic heterocycles. The molecule has 1 unspecified atom stereocenters. The summed E-state index contributed by atoms with van der Waals surface area (Å²) in [5.41, 5.74) is 6.32. The number of pyridine rings is 1. The number of benzene rings is 2. The maximum absolute atomic E-state index is 12.8. The number of hydrogen-bond donors (Lipinski definition) is 1. The third-order valence-corrected chi connectivity index (χ3v) is 6.09. The van der Waals surface area contributed by atoms with Crippen LogP contribution in [0.4, 0.5) is 0 Å². The average Bonchev–Trinajstić information content (AvgIpc) is 3.37. The molecule has 1 aliphatic heterocycles. The summed E-state index contributed by atoms with van der Waals surface area (Å²) in [4.78, 5) is 18.5. The van der Waals surface area contributed by atoms with Gasteiger partial charge in [0.05, 0.1) is 5.69 Å². The number of likely N-dealkylation sites (N-methyl/N-ethyl adjacent to an activating group) is 1. The Kier molecular flexibility index (Phi) is 3.70. The van der Waals surface area contributed by atoms with E-state index >= 15 is 0 Å². The second kappa shape index (κ2) is 6.43. The van der Waals surface area contributed by atoms with Gasteiger partial charge in [-0.25, -0.2) is 9.20 Å². The first kappa shape index (κ1) is 17.2. The average molecular weight is 395 g/mol. The number of nitrogens with zero attached hydrogens (tertiary/aromatic N) is 4. The molecule has 0 fully saturated rings. The molecule has 0 saturated carbocycles. The van der Waals surface area contributed by atoms with Crippen molar-refractivity contribution in [1.82, 2.24) is 24.1 Å². The lowest BCUT2D eigenvalue weighted by atomic mass is 9.84. The van der Waals surface area contributed by atoms with Gasteiger partial charge in [0, 0.05) is 36.9 Å². The van der Waals surface area contributed by atoms with Crippen molar-refractivity contribution >= 4 is 16.6 Å². The predicted molar refractivity (Wildman–Crippen MR) is 117 cm³/mol. The van der Waals surface area contributed by atoms with Crippen LogP contribution in [0, 0.1) is 0 Å². The number of nitrogens with one attached hydrogen (secondary N) is 1. The Labute approximate surface area is 173 Å². The fraction of sp³-hybridized carbons (Fsp3) is 0.167. The summed E-state index contributed by atoms with van der Waals surface area (Å²) in [6.07, 6.45) is 3.73. The fourth-order valence-electron chi connectivity index (χ4n) is 4.63. The zero-order valence-corrected chi connectivity index (χ0v) is 16.6. The van der Waals surface area contributed by atoms with Crippen molar-refractivity contribution < 1.29 is 0 Å². The first-order valence-electron chi connectivity index (χ1n) is 10.1. The number of aromatic nitrogens is 4. The van der Waals surface area contributed by atoms with Crippen LogP contribution in [0.25, 0.3) is 22.2 Å². The van der Waals surface area contributed by atoms with Crippen molar-refractivity contribution in [3.63, 3.8) is 0 Å². The molecule has 148 valence electrons. The highest BCUT2D eigenvalue weighted by Gasteiger charge is 2.26. The molecule has 6 rings (SSSR count). The molecule has 0 amide bonds. The van der Waals surface area contributed by atoms with Gasteiger partial charge >= 0.3 is 5.69 Å². The highest BCUT2D eigenvalue weighted by Crippen LogP contribution is 2.35. The lowest BCUT2D eigenvalue weighted by Crippen LogP contribution is -2.31. The van der Waals surface area contributed by atoms with E-state index in [1.807, 2.05) is 30.5 Å². The van der Waals surface area contributed by atoms with Gasteiger partial charge in [0.15, 0.2) is 5.65 Å². The van der Waals surface area contributed by atoms with Crippen LogP contribution < -0.4 is 5.69 Å². The first-order valence-corrected chi connectivity index (χ1v) is 10.1. The van der Waals surface area contributed by atoms with Gasteiger partial charge in [-0.2, -0.15) is 4.68 Å². The molecule has 6 heteroatoms. The molecule has 4 heterocycles. The van der Waals surface area contributed by atoms with Crippen LogP contribution in [0.15, 0.2) is 77.9 Å². The van der Waals surface area contributed by atoms with Crippen molar-refractivity contribution in [2.75, 3.05) is 13.6 Å². The van der Waals surface area contributed by atoms with Crippen molar-refractivity contribution in [1.29, 1.82) is 0 Å². The van der Waals surface area contributed by atoms with Gasteiger partial charge in [-0.05, 0) is 65.5 Å². The Morgan fingerprint density at radius 3 is 2.90 bits per heavy atom. The van der Waals surface area contributed by atoms with Gasteiger partial charge in [-0.1, -0.05) is 24.3 Å². The molecule has 0 saturated heterocycles. The van der Waals surface area contributed by atoms with E-state index in [0.29, 0.717) is 11.6 Å². The maximum atomic E-state index is 12.8. The summed E-state index contributed by atoms with van der Waals surface area (Å²) in [6.45, 7) is 1.82. The second-order valence-corrected chi connectivity index (χ2v) is 8.08. The molecular formula is C24H21N5O. The molecule has 5 aromatic rings. The monoisotopic (exact) mass is 395 g/mol. The number of H-pyrrole nitrogens is 1. The molecule has 0 aliphatic carbocycles. The van der Waals surface area contributed by atoms with Crippen LogP contribution in [0.3, 0.4) is 0 Å². The predicted octanol–water partition coefficient (Wildman–Crippen LogP) is 3.54. The Bertz CT molecular complexity index is 1460. The number of aromatic amines is 1. The minimum Gasteiger partial charge on any atom is -0.361 e. The van der Waals surface area contributed by atoms with Crippen LogP contribution in [0.2, 0.25) is 0 Å². The topological polar surface area (TPSA) is 58.3 Å². The van der Waals surface area contributed by atoms with Crippen LogP contribution in [-0.4, -0.2) is 37.7 Å². The zero-order valence-electron chi connectivity index (χ0n) is 16.6. The molecule has 0 radical (unpaired) electrons. The number of hydrogen-bond acceptors (Lipinski definition) is 3. The summed E-state index contributed by atoms with van der Waals surface area (Å²) >= 11 is 0. The van der Waals surface area contributed by atoms with Crippen molar-refractivity contribution in [3.8, 4) is 5.69 Å². The zero-order chi connectivity index (χ0) is 20.2. The molecule has 0 spiro atoms. The van der Waals surface area contributed by atoms with E-state index in [-0.39, 0.29) is 5.69 Å². The van der Waals surface area contributed by atoms with E-state index in [9.17, 15) is 4.79 Å². The molecular weight excluding hydrogens is 374 g/mol. The highest BCUT2D eigenvalue weighted by atomic mass is 16.2. The molecule has 1 aliphatic rings. The van der Waals surface area contributed by atoms with Crippen molar-refractivity contribution in [2.45, 2.75) is 12.5 Å². The van der Waals surface area contributed by atoms with Gasteiger partial charge in [0.2, 0.25) is 0 Å². The van der Waals surface area contributed by atoms with Gasteiger partial charge in [0.25, 0.3) is 0 Å². The normalized spacial score (nSPS) is 16.9. The Hall–Kier alpha value is -3.64. The molecule has 6 nitrogen and oxygen atoms in total. The van der Waals surface area contributed by atoms with Crippen molar-refractivity contribution in [3.05, 3.63) is 100 Å². The van der Waals surface area contributed by atoms with Gasteiger partial charge in [-0.15, -0.1) is 5.10 Å². The van der Waals surface area contributed by atoms with Gasteiger partial charge < -0.3 is 9.88 Å². The summed E-state index contributed by atoms with van der Waals surface area (Å²) in [5.74, 6) is 0.290. The Balaban J connectivity index is 1.46. The SMILES string of the molecule is CN1Cc2cc(-n3nc4ccccn4c3=O)ccc2C(c2ccc3cc[nH]c3c2)C1. The third kappa shape index (κ3) is 2.61. The molecule has 2 aromatic carbocycles. The van der Waals surface area contributed by atoms with E-state index in [2.05, 4.69) is 58.4 Å². The van der Waals surface area contributed by atoms with Gasteiger partial charge in [-0.3, -0.25) is 0 Å².